The molecule has 0 aliphatic carbocycles. The number of carbonyl (C=O) groups is 2. The van der Waals surface area contributed by atoms with E-state index in [0.717, 1.165) is 17.0 Å². The number of aliphatic carboxylic acids is 1. The average molecular weight is 300 g/mol. The molecule has 8 heteroatoms. The van der Waals surface area contributed by atoms with Gasteiger partial charge in [0.25, 0.3) is 0 Å². The number of anilines is 1. The molecular weight excluding hydrogens is 286 g/mol. The minimum Gasteiger partial charge on any atom is -0.480 e. The first kappa shape index (κ1) is 15.2. The van der Waals surface area contributed by atoms with Gasteiger partial charge in [0.2, 0.25) is 0 Å². The third-order valence-electron chi connectivity index (χ3n) is 3.31. The van der Waals surface area contributed by atoms with Crippen LogP contribution in [-0.4, -0.2) is 45.8 Å². The summed E-state index contributed by atoms with van der Waals surface area (Å²) >= 11 is 0. The van der Waals surface area contributed by atoms with E-state index in [1.807, 2.05) is 0 Å². The molecule has 1 saturated heterocycles. The Hall–Kier alpha value is -2.22. The summed E-state index contributed by atoms with van der Waals surface area (Å²) in [6, 6.07) is -0.344. The molecule has 3 N–H and O–H groups in total. The van der Waals surface area contributed by atoms with Gasteiger partial charge in [-0.1, -0.05) is 0 Å². The number of rotatable bonds is 2. The third-order valence-corrected chi connectivity index (χ3v) is 3.31. The molecule has 2 atom stereocenters. The Morgan fingerprint density at radius 1 is 1.33 bits per heavy atom. The Morgan fingerprint density at radius 2 is 2.00 bits per heavy atom. The Bertz CT molecular complexity index is 594. The van der Waals surface area contributed by atoms with Crippen molar-refractivity contribution in [2.75, 3.05) is 11.9 Å². The summed E-state index contributed by atoms with van der Waals surface area (Å²) in [6.45, 7) is 1.19. The highest BCUT2D eigenvalue weighted by Crippen LogP contribution is 2.22. The van der Waals surface area contributed by atoms with Gasteiger partial charge in [-0.2, -0.15) is 0 Å². The minimum atomic E-state index is -1.27. The van der Waals surface area contributed by atoms with E-state index in [1.165, 1.54) is 6.92 Å². The van der Waals surface area contributed by atoms with Crippen LogP contribution in [0.2, 0.25) is 0 Å². The van der Waals surface area contributed by atoms with Crippen LogP contribution in [0.25, 0.3) is 0 Å². The molecule has 1 unspecified atom stereocenters. The number of carbonyl (C=O) groups excluding carboxylic acids is 1. The number of amides is 2. The highest BCUT2D eigenvalue weighted by Gasteiger charge is 2.39. The maximum atomic E-state index is 13.6. The number of nitrogens with one attached hydrogen (secondary N) is 1. The molecule has 0 spiro atoms. The van der Waals surface area contributed by atoms with Crippen molar-refractivity contribution in [2.24, 2.45) is 0 Å². The van der Waals surface area contributed by atoms with Gasteiger partial charge in [0.05, 0.1) is 11.8 Å². The van der Waals surface area contributed by atoms with Gasteiger partial charge in [-0.25, -0.2) is 18.4 Å². The summed E-state index contributed by atoms with van der Waals surface area (Å²) in [5, 5.41) is 20.6. The van der Waals surface area contributed by atoms with Crippen LogP contribution < -0.4 is 5.32 Å². The second-order valence-corrected chi connectivity index (χ2v) is 4.91. The fourth-order valence-corrected chi connectivity index (χ4v) is 2.20. The number of halogens is 2. The van der Waals surface area contributed by atoms with Crippen molar-refractivity contribution in [1.82, 2.24) is 4.90 Å². The second-order valence-electron chi connectivity index (χ2n) is 4.91. The molecule has 6 nitrogen and oxygen atoms in total. The van der Waals surface area contributed by atoms with E-state index in [9.17, 15) is 23.5 Å². The zero-order chi connectivity index (χ0) is 15.7. The van der Waals surface area contributed by atoms with Crippen molar-refractivity contribution in [3.05, 3.63) is 29.3 Å². The predicted molar refractivity (Wildman–Crippen MR) is 68.9 cm³/mol. The molecule has 0 aromatic heterocycles. The molecule has 114 valence electrons. The lowest BCUT2D eigenvalue weighted by molar-refractivity contribution is -0.141. The van der Waals surface area contributed by atoms with E-state index in [-0.39, 0.29) is 24.2 Å². The Kier molecular flexibility index (Phi) is 4.08. The number of aliphatic hydroxyl groups is 1. The molecule has 2 rings (SSSR count). The SMILES string of the molecule is Cc1cc(F)c(NC(=O)N2CC(O)C[C@H]2C(=O)O)cc1F. The highest BCUT2D eigenvalue weighted by molar-refractivity contribution is 5.93. The molecule has 0 radical (unpaired) electrons. The number of hydrogen-bond donors (Lipinski definition) is 3. The lowest BCUT2D eigenvalue weighted by atomic mass is 10.2. The Labute approximate surface area is 119 Å². The fourth-order valence-electron chi connectivity index (χ4n) is 2.20. The first-order valence-electron chi connectivity index (χ1n) is 6.23. The maximum absolute atomic E-state index is 13.6. The Morgan fingerprint density at radius 3 is 2.62 bits per heavy atom. The first-order valence-corrected chi connectivity index (χ1v) is 6.23. The number of hydrogen-bond acceptors (Lipinski definition) is 3. The molecular formula is C13H14F2N2O4. The van der Waals surface area contributed by atoms with Gasteiger partial charge in [-0.15, -0.1) is 0 Å². The van der Waals surface area contributed by atoms with Crippen LogP contribution in [0.3, 0.4) is 0 Å². The number of nitrogens with zero attached hydrogens (tertiary/aromatic N) is 1. The quantitative estimate of drug-likeness (QED) is 0.768. The van der Waals surface area contributed by atoms with Gasteiger partial charge in [-0.05, 0) is 18.6 Å². The molecule has 1 aromatic carbocycles. The van der Waals surface area contributed by atoms with Crippen LogP contribution in [0.5, 0.6) is 0 Å². The molecule has 1 fully saturated rings. The summed E-state index contributed by atoms with van der Waals surface area (Å²) in [6.07, 6.45) is -1.07. The van der Waals surface area contributed by atoms with Crippen LogP contribution in [0, 0.1) is 18.6 Å². The third kappa shape index (κ3) is 3.10. The Balaban J connectivity index is 2.18. The van der Waals surface area contributed by atoms with Crippen LogP contribution in [-0.2, 0) is 4.79 Å². The topological polar surface area (TPSA) is 89.9 Å². The van der Waals surface area contributed by atoms with Crippen molar-refractivity contribution in [3.8, 4) is 0 Å². The van der Waals surface area contributed by atoms with Gasteiger partial charge < -0.3 is 20.4 Å². The zero-order valence-corrected chi connectivity index (χ0v) is 11.1. The summed E-state index contributed by atoms with van der Waals surface area (Å²) in [5.74, 6) is -2.78. The molecule has 1 aliphatic heterocycles. The van der Waals surface area contributed by atoms with Crippen molar-refractivity contribution < 1.29 is 28.6 Å². The van der Waals surface area contributed by atoms with Gasteiger partial charge in [0, 0.05) is 19.0 Å². The number of aryl methyl sites for hydroxylation is 1. The van der Waals surface area contributed by atoms with Crippen LogP contribution in [0.4, 0.5) is 19.3 Å². The van der Waals surface area contributed by atoms with Gasteiger partial charge >= 0.3 is 12.0 Å². The first-order chi connectivity index (χ1) is 9.79. The summed E-state index contributed by atoms with van der Waals surface area (Å²) in [5.41, 5.74) is -0.292. The van der Waals surface area contributed by atoms with Crippen molar-refractivity contribution in [1.29, 1.82) is 0 Å². The zero-order valence-electron chi connectivity index (χ0n) is 11.1. The van der Waals surface area contributed by atoms with Crippen LogP contribution >= 0.6 is 0 Å². The van der Waals surface area contributed by atoms with Crippen LogP contribution in [0.1, 0.15) is 12.0 Å². The number of β-amino-alcohol motifs (C(OH)–C–C–N with tert-alkyl or cyclic N) is 1. The summed E-state index contributed by atoms with van der Waals surface area (Å²) in [4.78, 5) is 23.9. The largest absolute Gasteiger partial charge is 0.480 e. The average Bonchev–Trinajstić information content (AvgIpc) is 2.78. The normalized spacial score (nSPS) is 21.4. The van der Waals surface area contributed by atoms with Crippen LogP contribution in [0.15, 0.2) is 12.1 Å². The van der Waals surface area contributed by atoms with E-state index >= 15 is 0 Å². The molecule has 0 bridgehead atoms. The fraction of sp³-hybridized carbons (Fsp3) is 0.385. The second kappa shape index (κ2) is 5.65. The molecule has 0 saturated carbocycles. The van der Waals surface area contributed by atoms with E-state index in [4.69, 9.17) is 5.11 Å². The minimum absolute atomic E-state index is 0.0884. The van der Waals surface area contributed by atoms with E-state index < -0.39 is 35.8 Å². The van der Waals surface area contributed by atoms with E-state index in [1.54, 1.807) is 0 Å². The van der Waals surface area contributed by atoms with Crippen molar-refractivity contribution in [3.63, 3.8) is 0 Å². The molecule has 1 heterocycles. The monoisotopic (exact) mass is 300 g/mol. The number of likely N-dealkylation sites (tertiary alicyclic amines) is 1. The van der Waals surface area contributed by atoms with Gasteiger partial charge in [0.15, 0.2) is 0 Å². The van der Waals surface area contributed by atoms with E-state index in [2.05, 4.69) is 5.32 Å². The van der Waals surface area contributed by atoms with Gasteiger partial charge in [-0.3, -0.25) is 0 Å². The predicted octanol–water partition coefficient (Wildman–Crippen LogP) is 1.32. The lowest BCUT2D eigenvalue weighted by Gasteiger charge is -2.21. The van der Waals surface area contributed by atoms with Crippen molar-refractivity contribution >= 4 is 17.7 Å². The number of benzene rings is 1. The summed E-state index contributed by atoms with van der Waals surface area (Å²) in [7, 11) is 0. The number of urea groups is 1. The highest BCUT2D eigenvalue weighted by atomic mass is 19.1. The lowest BCUT2D eigenvalue weighted by Crippen LogP contribution is -2.43. The van der Waals surface area contributed by atoms with Gasteiger partial charge in [0.1, 0.15) is 17.7 Å². The maximum Gasteiger partial charge on any atom is 0.326 e. The number of carboxylic acid groups (broad SMARTS) is 1. The molecule has 2 amide bonds. The molecule has 21 heavy (non-hydrogen) atoms. The smallest absolute Gasteiger partial charge is 0.326 e. The number of aliphatic hydroxyl groups excluding tert-OH is 1. The summed E-state index contributed by atoms with van der Waals surface area (Å²) < 4.78 is 27.0. The van der Waals surface area contributed by atoms with Crippen molar-refractivity contribution in [2.45, 2.75) is 25.5 Å². The standard InChI is InChI=1S/C13H14F2N2O4/c1-6-2-9(15)10(4-8(6)14)16-13(21)17-5-7(18)3-11(17)12(19)20/h2,4,7,11,18H,3,5H2,1H3,(H,16,21)(H,19,20)/t7?,11-/m0/s1. The molecule has 1 aliphatic rings. The number of carboxylic acids is 1. The molecule has 1 aromatic rings. The van der Waals surface area contributed by atoms with E-state index in [0.29, 0.717) is 0 Å².